The minimum Gasteiger partial charge on any atom is -1.00 e. The quantitative estimate of drug-likeness (QED) is 0.408. The van der Waals surface area contributed by atoms with Gasteiger partial charge in [0, 0.05) is 0 Å². The predicted octanol–water partition coefficient (Wildman–Crippen LogP) is 0.767. The number of benzene rings is 1. The van der Waals surface area contributed by atoms with Crippen LogP contribution in [0.5, 0.6) is 0 Å². The Morgan fingerprint density at radius 1 is 0.929 bits per heavy atom. The van der Waals surface area contributed by atoms with Crippen LogP contribution in [0.3, 0.4) is 0 Å². The van der Waals surface area contributed by atoms with Crippen LogP contribution in [0.15, 0.2) is 29.2 Å². The molecule has 1 aromatic rings. The van der Waals surface area contributed by atoms with Crippen LogP contribution in [0, 0.1) is 6.07 Å². The molecule has 0 aromatic heterocycles. The molecular weight excluding hydrogens is 303 g/mol. The summed E-state index contributed by atoms with van der Waals surface area (Å²) in [5.74, 6) is 0. The molecule has 0 aliphatic heterocycles. The third-order valence-corrected chi connectivity index (χ3v) is 2.30. The van der Waals surface area contributed by atoms with Crippen LogP contribution in [-0.4, -0.2) is 23.1 Å². The van der Waals surface area contributed by atoms with Crippen LogP contribution in [0.4, 0.5) is 19.4 Å². The van der Waals surface area contributed by atoms with E-state index in [9.17, 15) is 19.4 Å². The second-order valence-electron chi connectivity index (χ2n) is 2.20. The van der Waals surface area contributed by atoms with Gasteiger partial charge in [0.15, 0.2) is 0 Å². The predicted molar refractivity (Wildman–Crippen MR) is 42.4 cm³/mol. The van der Waals surface area contributed by atoms with Crippen molar-refractivity contribution in [2.45, 2.75) is 4.90 Å². The van der Waals surface area contributed by atoms with E-state index in [1.54, 1.807) is 0 Å². The van der Waals surface area contributed by atoms with Gasteiger partial charge in [0.1, 0.15) is 0 Å². The van der Waals surface area contributed by atoms with Crippen LogP contribution in [-0.2, 0) is 0 Å². The number of hydrogen-bond acceptors (Lipinski definition) is 0. The zero-order valence-electron chi connectivity index (χ0n) is 6.69. The maximum atomic E-state index is 11.9. The van der Waals surface area contributed by atoms with Gasteiger partial charge in [0.05, 0.1) is 0 Å². The SMILES string of the molecule is FS(F)(F)(F)(F)c1cc[c-]cc1.[Br-].[Mg+2]. The van der Waals surface area contributed by atoms with Crippen molar-refractivity contribution in [1.82, 2.24) is 0 Å². The molecule has 0 unspecified atom stereocenters. The van der Waals surface area contributed by atoms with Gasteiger partial charge in [-0.2, -0.15) is 18.2 Å². The molecule has 0 aliphatic rings. The Morgan fingerprint density at radius 3 is 1.50 bits per heavy atom. The van der Waals surface area contributed by atoms with Gasteiger partial charge in [0.25, 0.3) is 10.2 Å². The van der Waals surface area contributed by atoms with E-state index in [2.05, 4.69) is 6.07 Å². The first-order valence-corrected chi connectivity index (χ1v) is 4.75. The number of halogens is 6. The molecule has 1 rings (SSSR count). The zero-order valence-corrected chi connectivity index (χ0v) is 10.5. The van der Waals surface area contributed by atoms with Crippen molar-refractivity contribution in [3.05, 3.63) is 30.3 Å². The Balaban J connectivity index is 0. The molecule has 0 nitrogen and oxygen atoms in total. The van der Waals surface area contributed by atoms with Crippen molar-refractivity contribution in [3.63, 3.8) is 0 Å². The molecule has 14 heavy (non-hydrogen) atoms. The summed E-state index contributed by atoms with van der Waals surface area (Å²) in [5.41, 5.74) is 0. The average molecular weight is 307 g/mol. The summed E-state index contributed by atoms with van der Waals surface area (Å²) >= 11 is 0. The molecule has 0 N–H and O–H groups in total. The van der Waals surface area contributed by atoms with Crippen molar-refractivity contribution < 1.29 is 36.4 Å². The van der Waals surface area contributed by atoms with E-state index in [1.807, 2.05) is 0 Å². The maximum Gasteiger partial charge on any atom is 2.00 e. The van der Waals surface area contributed by atoms with Gasteiger partial charge in [-0.1, -0.05) is 19.4 Å². The molecule has 0 heterocycles. The molecule has 78 valence electrons. The van der Waals surface area contributed by atoms with Gasteiger partial charge in [0.2, 0.25) is 0 Å². The molecule has 0 saturated carbocycles. The molecular formula is C6H4BrF5MgS. The van der Waals surface area contributed by atoms with Crippen LogP contribution >= 0.6 is 10.2 Å². The molecule has 0 aliphatic carbocycles. The van der Waals surface area contributed by atoms with Gasteiger partial charge in [-0.05, 0) is 4.90 Å². The van der Waals surface area contributed by atoms with Crippen LogP contribution in [0.1, 0.15) is 0 Å². The summed E-state index contributed by atoms with van der Waals surface area (Å²) in [6.07, 6.45) is 0. The molecule has 0 spiro atoms. The Morgan fingerprint density at radius 2 is 1.29 bits per heavy atom. The van der Waals surface area contributed by atoms with Crippen LogP contribution in [0.2, 0.25) is 0 Å². The molecule has 0 amide bonds. The van der Waals surface area contributed by atoms with E-state index in [4.69, 9.17) is 0 Å². The van der Waals surface area contributed by atoms with Gasteiger partial charge >= 0.3 is 23.1 Å². The molecule has 0 atom stereocenters. The first kappa shape index (κ1) is 16.9. The van der Waals surface area contributed by atoms with Gasteiger partial charge in [-0.15, -0.1) is 12.1 Å². The third-order valence-electron chi connectivity index (χ3n) is 1.13. The largest absolute Gasteiger partial charge is 2.00 e. The Kier molecular flexibility index (Phi) is 4.58. The van der Waals surface area contributed by atoms with E-state index in [-0.39, 0.29) is 40.0 Å². The van der Waals surface area contributed by atoms with E-state index < -0.39 is 15.1 Å². The molecule has 0 fully saturated rings. The summed E-state index contributed by atoms with van der Waals surface area (Å²) in [6, 6.07) is 4.44. The Labute approximate surface area is 105 Å². The van der Waals surface area contributed by atoms with Crippen LogP contribution < -0.4 is 17.0 Å². The molecule has 0 saturated heterocycles. The van der Waals surface area contributed by atoms with E-state index in [0.29, 0.717) is 12.1 Å². The first-order chi connectivity index (χ1) is 5.09. The van der Waals surface area contributed by atoms with Crippen LogP contribution in [0.25, 0.3) is 0 Å². The van der Waals surface area contributed by atoms with E-state index in [1.165, 1.54) is 0 Å². The monoisotopic (exact) mass is 306 g/mol. The summed E-state index contributed by atoms with van der Waals surface area (Å²) in [7, 11) is -9.45. The fraction of sp³-hybridized carbons (Fsp3) is 0. The average Bonchev–Trinajstić information content (AvgIpc) is 1.85. The van der Waals surface area contributed by atoms with Crippen molar-refractivity contribution in [2.24, 2.45) is 0 Å². The summed E-state index contributed by atoms with van der Waals surface area (Å²) < 4.78 is 59.7. The van der Waals surface area contributed by atoms with Gasteiger partial charge in [-0.25, -0.2) is 0 Å². The Hall–Kier alpha value is 0.466. The topological polar surface area (TPSA) is 0 Å². The summed E-state index contributed by atoms with van der Waals surface area (Å²) in [4.78, 5) is -1.88. The van der Waals surface area contributed by atoms with Gasteiger partial charge < -0.3 is 17.0 Å². The fourth-order valence-electron chi connectivity index (χ4n) is 0.629. The van der Waals surface area contributed by atoms with E-state index in [0.717, 1.165) is 12.1 Å². The number of rotatable bonds is 1. The second-order valence-corrected chi connectivity index (χ2v) is 4.61. The summed E-state index contributed by atoms with van der Waals surface area (Å²) in [6.45, 7) is 0. The molecule has 0 radical (unpaired) electrons. The van der Waals surface area contributed by atoms with Crippen molar-refractivity contribution in [3.8, 4) is 0 Å². The van der Waals surface area contributed by atoms with Crippen molar-refractivity contribution >= 4 is 33.3 Å². The van der Waals surface area contributed by atoms with Crippen molar-refractivity contribution in [1.29, 1.82) is 0 Å². The minimum atomic E-state index is -9.45. The first-order valence-electron chi connectivity index (χ1n) is 2.80. The normalized spacial score (nSPS) is 15.5. The smallest absolute Gasteiger partial charge is 1.00 e. The van der Waals surface area contributed by atoms with Crippen molar-refractivity contribution in [2.75, 3.05) is 0 Å². The number of hydrogen-bond donors (Lipinski definition) is 0. The molecule has 0 bridgehead atoms. The zero-order chi connectivity index (χ0) is 9.52. The maximum absolute atomic E-state index is 11.9. The Bertz CT molecular complexity index is 295. The summed E-state index contributed by atoms with van der Waals surface area (Å²) in [5, 5.41) is 0. The molecule has 1 aromatic carbocycles. The molecule has 8 heteroatoms. The fourth-order valence-corrected chi connectivity index (χ4v) is 1.28. The second kappa shape index (κ2) is 3.80. The van der Waals surface area contributed by atoms with E-state index >= 15 is 0 Å². The van der Waals surface area contributed by atoms with Gasteiger partial charge in [-0.3, -0.25) is 0 Å². The standard InChI is InChI=1S/C6H4F5S.BrH.Mg/c7-12(8,9,10,11)6-4-2-1-3-5-6;;/h2-5H;1H;/q-1;;+2/p-1. The third kappa shape index (κ3) is 4.81. The minimum absolute atomic E-state index is 0.